The van der Waals surface area contributed by atoms with Gasteiger partial charge >= 0.3 is 0 Å². The van der Waals surface area contributed by atoms with Crippen LogP contribution < -0.4 is 4.74 Å². The van der Waals surface area contributed by atoms with Crippen molar-refractivity contribution in [3.63, 3.8) is 0 Å². The molecular formula is C23H26N2O2. The molecule has 4 heteroatoms. The molecule has 2 aromatic carbocycles. The fourth-order valence-electron chi connectivity index (χ4n) is 3.15. The molecule has 27 heavy (non-hydrogen) atoms. The number of unbranched alkanes of at least 4 members (excludes halogenated alkanes) is 1. The number of rotatable bonds is 7. The van der Waals surface area contributed by atoms with Crippen LogP contribution in [-0.2, 0) is 13.0 Å². The number of nitrogens with zero attached hydrogens (tertiary/aromatic N) is 2. The Bertz CT molecular complexity index is 896. The minimum absolute atomic E-state index is 0.104. The maximum atomic E-state index is 12.9. The maximum Gasteiger partial charge on any atom is 0.278 e. The molecule has 3 rings (SSSR count). The summed E-state index contributed by atoms with van der Waals surface area (Å²) in [5.41, 5.74) is 4.79. The third-order valence-corrected chi connectivity index (χ3v) is 4.76. The van der Waals surface area contributed by atoms with E-state index in [1.807, 2.05) is 56.3 Å². The Morgan fingerprint density at radius 2 is 1.74 bits per heavy atom. The lowest BCUT2D eigenvalue weighted by Crippen LogP contribution is -2.15. The molecule has 3 aromatic rings. The van der Waals surface area contributed by atoms with Crippen molar-refractivity contribution in [3.05, 3.63) is 82.7 Å². The average molecular weight is 362 g/mol. The van der Waals surface area contributed by atoms with Gasteiger partial charge in [-0.15, -0.1) is 0 Å². The lowest BCUT2D eigenvalue weighted by atomic mass is 10.1. The second kappa shape index (κ2) is 8.67. The number of aromatic nitrogens is 2. The van der Waals surface area contributed by atoms with Crippen LogP contribution in [0, 0.1) is 13.8 Å². The Morgan fingerprint density at radius 1 is 1.04 bits per heavy atom. The predicted molar refractivity (Wildman–Crippen MR) is 107 cm³/mol. The molecule has 1 aromatic heterocycles. The molecule has 0 N–H and O–H groups in total. The van der Waals surface area contributed by atoms with Crippen molar-refractivity contribution in [2.45, 2.75) is 46.6 Å². The van der Waals surface area contributed by atoms with E-state index >= 15 is 0 Å². The molecule has 0 saturated heterocycles. The van der Waals surface area contributed by atoms with E-state index in [1.54, 1.807) is 12.1 Å². The Kier molecular flexibility index (Phi) is 6.07. The zero-order valence-electron chi connectivity index (χ0n) is 16.2. The molecule has 0 saturated carbocycles. The number of carbonyl (C=O) groups is 1. The highest BCUT2D eigenvalue weighted by atomic mass is 16.5. The van der Waals surface area contributed by atoms with E-state index in [0.717, 1.165) is 42.0 Å². The number of hydrogen-bond acceptors (Lipinski definition) is 3. The van der Waals surface area contributed by atoms with Gasteiger partial charge in [-0.3, -0.25) is 4.79 Å². The van der Waals surface area contributed by atoms with Gasteiger partial charge in [-0.2, -0.15) is 5.10 Å². The minimum Gasteiger partial charge on any atom is -0.489 e. The van der Waals surface area contributed by atoms with Crippen LogP contribution in [0.15, 0.2) is 54.6 Å². The van der Waals surface area contributed by atoms with Crippen molar-refractivity contribution >= 4 is 5.91 Å². The van der Waals surface area contributed by atoms with Gasteiger partial charge in [0.2, 0.25) is 0 Å². The number of hydrogen-bond donors (Lipinski definition) is 0. The van der Waals surface area contributed by atoms with E-state index in [2.05, 4.69) is 12.0 Å². The quantitative estimate of drug-likeness (QED) is 0.587. The van der Waals surface area contributed by atoms with Crippen LogP contribution in [0.1, 0.15) is 52.6 Å². The molecule has 0 aliphatic heterocycles. The van der Waals surface area contributed by atoms with Crippen LogP contribution in [0.5, 0.6) is 5.75 Å². The largest absolute Gasteiger partial charge is 0.489 e. The van der Waals surface area contributed by atoms with Crippen LogP contribution in [0.2, 0.25) is 0 Å². The van der Waals surface area contributed by atoms with Gasteiger partial charge < -0.3 is 4.74 Å². The molecule has 1 heterocycles. The van der Waals surface area contributed by atoms with Gasteiger partial charge in [0, 0.05) is 11.3 Å². The second-order valence-corrected chi connectivity index (χ2v) is 6.77. The van der Waals surface area contributed by atoms with Gasteiger partial charge in [-0.25, -0.2) is 4.68 Å². The fourth-order valence-corrected chi connectivity index (χ4v) is 3.15. The van der Waals surface area contributed by atoms with Crippen LogP contribution in [0.3, 0.4) is 0 Å². The van der Waals surface area contributed by atoms with E-state index in [4.69, 9.17) is 4.74 Å². The van der Waals surface area contributed by atoms with Crippen molar-refractivity contribution in [1.29, 1.82) is 0 Å². The van der Waals surface area contributed by atoms with Crippen molar-refractivity contribution in [2.24, 2.45) is 0 Å². The highest BCUT2D eigenvalue weighted by Crippen LogP contribution is 2.19. The predicted octanol–water partition coefficient (Wildman–Crippen LogP) is 5.11. The topological polar surface area (TPSA) is 44.1 Å². The van der Waals surface area contributed by atoms with E-state index in [9.17, 15) is 4.79 Å². The third-order valence-electron chi connectivity index (χ3n) is 4.76. The van der Waals surface area contributed by atoms with Gasteiger partial charge in [-0.1, -0.05) is 43.7 Å². The Morgan fingerprint density at radius 3 is 2.41 bits per heavy atom. The summed E-state index contributed by atoms with van der Waals surface area (Å²) in [5, 5.41) is 4.47. The van der Waals surface area contributed by atoms with Gasteiger partial charge in [0.15, 0.2) is 0 Å². The van der Waals surface area contributed by atoms with E-state index < -0.39 is 0 Å². The molecule has 0 radical (unpaired) electrons. The summed E-state index contributed by atoms with van der Waals surface area (Å²) in [6.45, 7) is 6.62. The van der Waals surface area contributed by atoms with Crippen LogP contribution in [0.25, 0.3) is 0 Å². The smallest absolute Gasteiger partial charge is 0.278 e. The summed E-state index contributed by atoms with van der Waals surface area (Å²) in [4.78, 5) is 12.9. The maximum absolute atomic E-state index is 12.9. The van der Waals surface area contributed by atoms with E-state index in [1.165, 1.54) is 10.2 Å². The summed E-state index contributed by atoms with van der Waals surface area (Å²) < 4.78 is 7.32. The summed E-state index contributed by atoms with van der Waals surface area (Å²) in [6, 6.07) is 17.3. The number of aryl methyl sites for hydroxylation is 1. The van der Waals surface area contributed by atoms with E-state index in [0.29, 0.717) is 12.2 Å². The van der Waals surface area contributed by atoms with Crippen molar-refractivity contribution in [1.82, 2.24) is 9.78 Å². The first kappa shape index (κ1) is 18.9. The highest BCUT2D eigenvalue weighted by molar-refractivity contribution is 5.96. The highest BCUT2D eigenvalue weighted by Gasteiger charge is 2.17. The third kappa shape index (κ3) is 4.45. The molecule has 0 aliphatic rings. The van der Waals surface area contributed by atoms with Gasteiger partial charge in [0.05, 0.1) is 5.69 Å². The summed E-state index contributed by atoms with van der Waals surface area (Å²) >= 11 is 0. The number of carbonyl (C=O) groups excluding carboxylic acids is 1. The van der Waals surface area contributed by atoms with E-state index in [-0.39, 0.29) is 5.91 Å². The Balaban J connectivity index is 1.70. The summed E-state index contributed by atoms with van der Waals surface area (Å²) in [7, 11) is 0. The van der Waals surface area contributed by atoms with Gasteiger partial charge in [-0.05, 0) is 62.1 Å². The standard InChI is InChI=1S/C23H26N2O2/c1-4-5-11-22-17(2)24-25(18(22)3)23(26)20-12-14-21(15-13-20)27-16-19-9-7-6-8-10-19/h6-10,12-15H,4-5,11,16H2,1-3H3. The zero-order chi connectivity index (χ0) is 19.2. The first-order valence-corrected chi connectivity index (χ1v) is 9.46. The molecule has 0 unspecified atom stereocenters. The molecule has 140 valence electrons. The van der Waals surface area contributed by atoms with Crippen LogP contribution in [-0.4, -0.2) is 15.7 Å². The van der Waals surface area contributed by atoms with Crippen LogP contribution in [0.4, 0.5) is 0 Å². The Hall–Kier alpha value is -2.88. The molecule has 4 nitrogen and oxygen atoms in total. The lowest BCUT2D eigenvalue weighted by Gasteiger charge is -2.08. The molecule has 0 atom stereocenters. The monoisotopic (exact) mass is 362 g/mol. The average Bonchev–Trinajstić information content (AvgIpc) is 2.99. The van der Waals surface area contributed by atoms with Gasteiger partial charge in [0.25, 0.3) is 5.91 Å². The van der Waals surface area contributed by atoms with Crippen LogP contribution >= 0.6 is 0 Å². The van der Waals surface area contributed by atoms with Crippen molar-refractivity contribution < 1.29 is 9.53 Å². The van der Waals surface area contributed by atoms with Crippen molar-refractivity contribution in [2.75, 3.05) is 0 Å². The molecule has 0 bridgehead atoms. The molecule has 0 fully saturated rings. The summed E-state index contributed by atoms with van der Waals surface area (Å²) in [5.74, 6) is 0.639. The molecule has 0 spiro atoms. The summed E-state index contributed by atoms with van der Waals surface area (Å²) in [6.07, 6.45) is 3.20. The molecular weight excluding hydrogens is 336 g/mol. The minimum atomic E-state index is -0.104. The molecule has 0 aliphatic carbocycles. The second-order valence-electron chi connectivity index (χ2n) is 6.77. The van der Waals surface area contributed by atoms with Gasteiger partial charge in [0.1, 0.15) is 12.4 Å². The first-order chi connectivity index (χ1) is 13.1. The lowest BCUT2D eigenvalue weighted by molar-refractivity contribution is 0.0942. The first-order valence-electron chi connectivity index (χ1n) is 9.46. The zero-order valence-corrected chi connectivity index (χ0v) is 16.2. The van der Waals surface area contributed by atoms with Crippen molar-refractivity contribution in [3.8, 4) is 5.75 Å². The SMILES string of the molecule is CCCCc1c(C)nn(C(=O)c2ccc(OCc3ccccc3)cc2)c1C. The molecule has 0 amide bonds. The normalized spacial score (nSPS) is 10.8. The number of benzene rings is 2. The fraction of sp³-hybridized carbons (Fsp3) is 0.304. The Labute approximate surface area is 160 Å². The number of ether oxygens (including phenoxy) is 1.